The molecule has 0 saturated carbocycles. The van der Waals surface area contributed by atoms with Crippen LogP contribution in [0.4, 0.5) is 0 Å². The first-order valence-electron chi connectivity index (χ1n) is 6.92. The number of rotatable bonds is 6. The van der Waals surface area contributed by atoms with Gasteiger partial charge in [-0.15, -0.1) is 0 Å². The van der Waals surface area contributed by atoms with Crippen molar-refractivity contribution in [3.63, 3.8) is 0 Å². The number of unbranched alkanes of at least 4 members (excludes halogenated alkanes) is 1. The molecule has 2 aromatic rings. The Kier molecular flexibility index (Phi) is 5.17. The number of nitrogens with two attached hydrogens (primary N) is 1. The van der Waals surface area contributed by atoms with E-state index in [9.17, 15) is 0 Å². The number of nitrogens with zero attached hydrogens (tertiary/aromatic N) is 3. The molecule has 0 spiro atoms. The van der Waals surface area contributed by atoms with Crippen molar-refractivity contribution in [2.45, 2.75) is 26.3 Å². The minimum atomic E-state index is 0.503. The number of nitrogens with one attached hydrogen (secondary N) is 1. The average molecular weight is 271 g/mol. The predicted molar refractivity (Wildman–Crippen MR) is 81.8 cm³/mol. The lowest BCUT2D eigenvalue weighted by atomic mass is 10.2. The molecule has 5 heteroatoms. The Morgan fingerprint density at radius 1 is 1.40 bits per heavy atom. The summed E-state index contributed by atoms with van der Waals surface area (Å²) < 4.78 is 1.83. The largest absolute Gasteiger partial charge is 0.370 e. The van der Waals surface area contributed by atoms with Gasteiger partial charge in [0.15, 0.2) is 5.96 Å². The molecule has 0 aliphatic rings. The van der Waals surface area contributed by atoms with Gasteiger partial charge in [-0.2, -0.15) is 5.10 Å². The van der Waals surface area contributed by atoms with Crippen molar-refractivity contribution in [2.24, 2.45) is 10.7 Å². The number of aliphatic imine (C=N–C) groups is 1. The summed E-state index contributed by atoms with van der Waals surface area (Å²) in [5.41, 5.74) is 7.95. The van der Waals surface area contributed by atoms with Crippen LogP contribution in [0.15, 0.2) is 47.7 Å². The lowest BCUT2D eigenvalue weighted by molar-refractivity contribution is 0.748. The van der Waals surface area contributed by atoms with Crippen LogP contribution in [0, 0.1) is 0 Å². The van der Waals surface area contributed by atoms with E-state index in [4.69, 9.17) is 5.73 Å². The molecule has 2 rings (SSSR count). The van der Waals surface area contributed by atoms with Crippen LogP contribution < -0.4 is 11.1 Å². The van der Waals surface area contributed by atoms with Crippen molar-refractivity contribution in [1.29, 1.82) is 0 Å². The number of hydrogen-bond acceptors (Lipinski definition) is 2. The molecule has 0 saturated heterocycles. The van der Waals surface area contributed by atoms with Crippen LogP contribution in [0.25, 0.3) is 5.69 Å². The Balaban J connectivity index is 1.96. The van der Waals surface area contributed by atoms with E-state index >= 15 is 0 Å². The zero-order valence-electron chi connectivity index (χ0n) is 11.8. The first kappa shape index (κ1) is 14.1. The lowest BCUT2D eigenvalue weighted by Crippen LogP contribution is -2.32. The summed E-state index contributed by atoms with van der Waals surface area (Å²) >= 11 is 0. The fourth-order valence-corrected chi connectivity index (χ4v) is 1.84. The SMILES string of the molecule is CCCCNC(N)=NCc1cccc(-n2cccn2)c1. The maximum Gasteiger partial charge on any atom is 0.188 e. The predicted octanol–water partition coefficient (Wildman–Crippen LogP) is 2.08. The van der Waals surface area contributed by atoms with Gasteiger partial charge in [-0.05, 0) is 30.2 Å². The Morgan fingerprint density at radius 3 is 3.05 bits per heavy atom. The van der Waals surface area contributed by atoms with Gasteiger partial charge in [0.05, 0.1) is 12.2 Å². The van der Waals surface area contributed by atoms with Crippen molar-refractivity contribution < 1.29 is 0 Å². The zero-order chi connectivity index (χ0) is 14.2. The fourth-order valence-electron chi connectivity index (χ4n) is 1.84. The Morgan fingerprint density at radius 2 is 2.30 bits per heavy atom. The molecule has 3 N–H and O–H groups in total. The molecule has 0 aliphatic heterocycles. The summed E-state index contributed by atoms with van der Waals surface area (Å²) in [7, 11) is 0. The van der Waals surface area contributed by atoms with E-state index in [0.717, 1.165) is 30.6 Å². The van der Waals surface area contributed by atoms with E-state index in [0.29, 0.717) is 12.5 Å². The number of hydrogen-bond donors (Lipinski definition) is 2. The highest BCUT2D eigenvalue weighted by Crippen LogP contribution is 2.10. The van der Waals surface area contributed by atoms with Gasteiger partial charge >= 0.3 is 0 Å². The van der Waals surface area contributed by atoms with E-state index in [2.05, 4.69) is 28.4 Å². The maximum absolute atomic E-state index is 5.82. The molecule has 0 atom stereocenters. The number of benzene rings is 1. The molecule has 5 nitrogen and oxygen atoms in total. The van der Waals surface area contributed by atoms with E-state index in [1.807, 2.05) is 35.1 Å². The molecule has 1 heterocycles. The van der Waals surface area contributed by atoms with Crippen LogP contribution >= 0.6 is 0 Å². The third-order valence-electron chi connectivity index (χ3n) is 2.95. The van der Waals surface area contributed by atoms with Gasteiger partial charge in [-0.25, -0.2) is 9.67 Å². The molecular weight excluding hydrogens is 250 g/mol. The highest BCUT2D eigenvalue weighted by molar-refractivity contribution is 5.77. The van der Waals surface area contributed by atoms with Crippen molar-refractivity contribution >= 4 is 5.96 Å². The standard InChI is InChI=1S/C15H21N5/c1-2-3-8-17-15(16)18-12-13-6-4-7-14(11-13)20-10-5-9-19-20/h4-7,9-11H,2-3,8,12H2,1H3,(H3,16,17,18). The van der Waals surface area contributed by atoms with E-state index in [1.54, 1.807) is 6.20 Å². The second kappa shape index (κ2) is 7.33. The Hall–Kier alpha value is -2.30. The van der Waals surface area contributed by atoms with Crippen LogP contribution in [0.2, 0.25) is 0 Å². The van der Waals surface area contributed by atoms with Crippen LogP contribution in [0.5, 0.6) is 0 Å². The van der Waals surface area contributed by atoms with Gasteiger partial charge < -0.3 is 11.1 Å². The average Bonchev–Trinajstić information content (AvgIpc) is 3.00. The molecule has 0 aliphatic carbocycles. The quantitative estimate of drug-likeness (QED) is 0.480. The molecule has 106 valence electrons. The molecule has 0 fully saturated rings. The molecule has 0 radical (unpaired) electrons. The monoisotopic (exact) mass is 271 g/mol. The fraction of sp³-hybridized carbons (Fsp3) is 0.333. The smallest absolute Gasteiger partial charge is 0.188 e. The van der Waals surface area contributed by atoms with Crippen molar-refractivity contribution in [2.75, 3.05) is 6.54 Å². The van der Waals surface area contributed by atoms with Crippen LogP contribution in [-0.4, -0.2) is 22.3 Å². The topological polar surface area (TPSA) is 68.2 Å². The van der Waals surface area contributed by atoms with Gasteiger partial charge in [0.25, 0.3) is 0 Å². The third kappa shape index (κ3) is 4.12. The third-order valence-corrected chi connectivity index (χ3v) is 2.95. The van der Waals surface area contributed by atoms with Crippen LogP contribution in [0.1, 0.15) is 25.3 Å². The molecule has 0 amide bonds. The van der Waals surface area contributed by atoms with E-state index < -0.39 is 0 Å². The zero-order valence-corrected chi connectivity index (χ0v) is 11.8. The molecule has 20 heavy (non-hydrogen) atoms. The highest BCUT2D eigenvalue weighted by Gasteiger charge is 1.98. The number of guanidine groups is 1. The Labute approximate surface area is 119 Å². The first-order valence-corrected chi connectivity index (χ1v) is 6.92. The van der Waals surface area contributed by atoms with Crippen LogP contribution in [0.3, 0.4) is 0 Å². The molecule has 1 aromatic heterocycles. The van der Waals surface area contributed by atoms with Gasteiger partial charge in [-0.3, -0.25) is 0 Å². The van der Waals surface area contributed by atoms with Gasteiger partial charge in [0, 0.05) is 18.9 Å². The van der Waals surface area contributed by atoms with Crippen molar-refractivity contribution in [3.05, 3.63) is 48.3 Å². The van der Waals surface area contributed by atoms with Gasteiger partial charge in [-0.1, -0.05) is 25.5 Å². The van der Waals surface area contributed by atoms with E-state index in [-0.39, 0.29) is 0 Å². The molecule has 1 aromatic carbocycles. The summed E-state index contributed by atoms with van der Waals surface area (Å²) in [6.07, 6.45) is 5.93. The second-order valence-corrected chi connectivity index (χ2v) is 4.60. The van der Waals surface area contributed by atoms with Crippen molar-refractivity contribution in [1.82, 2.24) is 15.1 Å². The first-order chi connectivity index (χ1) is 9.79. The Bertz CT molecular complexity index is 545. The summed E-state index contributed by atoms with van der Waals surface area (Å²) in [4.78, 5) is 4.34. The minimum Gasteiger partial charge on any atom is -0.370 e. The van der Waals surface area contributed by atoms with Crippen LogP contribution in [-0.2, 0) is 6.54 Å². The van der Waals surface area contributed by atoms with Crippen molar-refractivity contribution in [3.8, 4) is 5.69 Å². The van der Waals surface area contributed by atoms with Gasteiger partial charge in [0.2, 0.25) is 0 Å². The highest BCUT2D eigenvalue weighted by atomic mass is 15.3. The van der Waals surface area contributed by atoms with E-state index in [1.165, 1.54) is 0 Å². The molecular formula is C15H21N5. The minimum absolute atomic E-state index is 0.503. The summed E-state index contributed by atoms with van der Waals surface area (Å²) in [6, 6.07) is 10.0. The molecule has 0 unspecified atom stereocenters. The number of aromatic nitrogens is 2. The summed E-state index contributed by atoms with van der Waals surface area (Å²) in [6.45, 7) is 3.59. The summed E-state index contributed by atoms with van der Waals surface area (Å²) in [5.74, 6) is 0.503. The second-order valence-electron chi connectivity index (χ2n) is 4.60. The molecule has 0 bridgehead atoms. The van der Waals surface area contributed by atoms with Gasteiger partial charge in [0.1, 0.15) is 0 Å². The maximum atomic E-state index is 5.82. The normalized spacial score (nSPS) is 11.6. The lowest BCUT2D eigenvalue weighted by Gasteiger charge is -2.06. The summed E-state index contributed by atoms with van der Waals surface area (Å²) in [5, 5.41) is 7.32.